The molecule has 24 heavy (non-hydrogen) atoms. The molecule has 0 heterocycles. The molecule has 0 spiro atoms. The van der Waals surface area contributed by atoms with Gasteiger partial charge in [0.1, 0.15) is 0 Å². The molecule has 3 amide bonds. The number of amides is 3. The fraction of sp³-hybridized carbons (Fsp3) is 0.438. The van der Waals surface area contributed by atoms with Crippen molar-refractivity contribution in [1.82, 2.24) is 15.5 Å². The van der Waals surface area contributed by atoms with Crippen LogP contribution in [0.1, 0.15) is 12.5 Å². The summed E-state index contributed by atoms with van der Waals surface area (Å²) in [5, 5.41) is 7.91. The first kappa shape index (κ1) is 20.1. The van der Waals surface area contributed by atoms with Crippen LogP contribution in [0.4, 0.5) is 5.69 Å². The van der Waals surface area contributed by atoms with Crippen molar-refractivity contribution < 1.29 is 14.4 Å². The standard InChI is InChI=1S/C16H23BrN4O3/c1-4-18-14(22)8-19-15(23)9-21(3)10-16(24)20-13-6-5-12(17)7-11(13)2/h5-7H,4,8-10H2,1-3H3,(H,18,22)(H,19,23)(H,20,24). The first-order chi connectivity index (χ1) is 11.3. The van der Waals surface area contributed by atoms with Gasteiger partial charge >= 0.3 is 0 Å². The van der Waals surface area contributed by atoms with Crippen molar-refractivity contribution in [2.75, 3.05) is 38.5 Å². The van der Waals surface area contributed by atoms with E-state index in [4.69, 9.17) is 0 Å². The zero-order valence-corrected chi connectivity index (χ0v) is 15.7. The molecule has 132 valence electrons. The number of benzene rings is 1. The average molecular weight is 399 g/mol. The summed E-state index contributed by atoms with van der Waals surface area (Å²) in [6.07, 6.45) is 0. The Morgan fingerprint density at radius 3 is 2.38 bits per heavy atom. The molecule has 0 aromatic heterocycles. The molecule has 0 bridgehead atoms. The predicted molar refractivity (Wildman–Crippen MR) is 96.7 cm³/mol. The number of carbonyl (C=O) groups excluding carboxylic acids is 3. The fourth-order valence-electron chi connectivity index (χ4n) is 2.00. The summed E-state index contributed by atoms with van der Waals surface area (Å²) in [5.41, 5.74) is 1.68. The van der Waals surface area contributed by atoms with Gasteiger partial charge in [-0.15, -0.1) is 0 Å². The van der Waals surface area contributed by atoms with Crippen LogP contribution >= 0.6 is 15.9 Å². The molecule has 0 aliphatic rings. The van der Waals surface area contributed by atoms with Crippen molar-refractivity contribution in [3.8, 4) is 0 Å². The van der Waals surface area contributed by atoms with E-state index in [2.05, 4.69) is 31.9 Å². The number of hydrogen-bond donors (Lipinski definition) is 3. The maximum Gasteiger partial charge on any atom is 0.239 e. The lowest BCUT2D eigenvalue weighted by Crippen LogP contribution is -2.42. The highest BCUT2D eigenvalue weighted by molar-refractivity contribution is 9.10. The van der Waals surface area contributed by atoms with Gasteiger partial charge in [-0.25, -0.2) is 0 Å². The van der Waals surface area contributed by atoms with Crippen LogP contribution < -0.4 is 16.0 Å². The van der Waals surface area contributed by atoms with Crippen molar-refractivity contribution in [1.29, 1.82) is 0 Å². The Kier molecular flexibility index (Phi) is 8.42. The van der Waals surface area contributed by atoms with Gasteiger partial charge in [0.2, 0.25) is 17.7 Å². The topological polar surface area (TPSA) is 90.5 Å². The minimum Gasteiger partial charge on any atom is -0.355 e. The van der Waals surface area contributed by atoms with Crippen LogP contribution in [-0.2, 0) is 14.4 Å². The molecular formula is C16H23BrN4O3. The number of carbonyl (C=O) groups is 3. The molecule has 0 atom stereocenters. The van der Waals surface area contributed by atoms with Gasteiger partial charge in [0.25, 0.3) is 0 Å². The number of hydrogen-bond acceptors (Lipinski definition) is 4. The average Bonchev–Trinajstić information content (AvgIpc) is 2.48. The summed E-state index contributed by atoms with van der Waals surface area (Å²) in [6.45, 7) is 4.27. The van der Waals surface area contributed by atoms with Gasteiger partial charge in [-0.1, -0.05) is 15.9 Å². The summed E-state index contributed by atoms with van der Waals surface area (Å²) >= 11 is 3.37. The van der Waals surface area contributed by atoms with E-state index in [0.717, 1.165) is 15.7 Å². The Labute approximate surface area is 150 Å². The lowest BCUT2D eigenvalue weighted by molar-refractivity contribution is -0.127. The van der Waals surface area contributed by atoms with Gasteiger partial charge in [0.05, 0.1) is 19.6 Å². The molecule has 1 aromatic rings. The van der Waals surface area contributed by atoms with E-state index in [0.29, 0.717) is 6.54 Å². The smallest absolute Gasteiger partial charge is 0.239 e. The molecule has 7 nitrogen and oxygen atoms in total. The van der Waals surface area contributed by atoms with Gasteiger partial charge in [-0.2, -0.15) is 0 Å². The van der Waals surface area contributed by atoms with Crippen molar-refractivity contribution >= 4 is 39.3 Å². The maximum atomic E-state index is 12.0. The highest BCUT2D eigenvalue weighted by Gasteiger charge is 2.12. The van der Waals surface area contributed by atoms with E-state index in [1.807, 2.05) is 25.1 Å². The number of likely N-dealkylation sites (N-methyl/N-ethyl adjacent to an activating group) is 2. The number of anilines is 1. The van der Waals surface area contributed by atoms with Crippen LogP contribution in [0.5, 0.6) is 0 Å². The molecule has 0 radical (unpaired) electrons. The Balaban J connectivity index is 2.38. The van der Waals surface area contributed by atoms with E-state index >= 15 is 0 Å². The highest BCUT2D eigenvalue weighted by Crippen LogP contribution is 2.19. The Morgan fingerprint density at radius 1 is 1.08 bits per heavy atom. The van der Waals surface area contributed by atoms with Gasteiger partial charge in [0.15, 0.2) is 0 Å². The number of nitrogens with zero attached hydrogens (tertiary/aromatic N) is 1. The summed E-state index contributed by atoms with van der Waals surface area (Å²) in [4.78, 5) is 36.6. The lowest BCUT2D eigenvalue weighted by atomic mass is 10.2. The normalized spacial score (nSPS) is 10.4. The summed E-state index contributed by atoms with van der Waals surface area (Å²) in [6, 6.07) is 5.58. The molecule has 3 N–H and O–H groups in total. The van der Waals surface area contributed by atoms with Crippen LogP contribution in [0.25, 0.3) is 0 Å². The summed E-state index contributed by atoms with van der Waals surface area (Å²) in [7, 11) is 1.67. The molecule has 0 saturated carbocycles. The zero-order chi connectivity index (χ0) is 18.1. The lowest BCUT2D eigenvalue weighted by Gasteiger charge is -2.16. The van der Waals surface area contributed by atoms with E-state index in [1.165, 1.54) is 0 Å². The van der Waals surface area contributed by atoms with Crippen molar-refractivity contribution in [3.63, 3.8) is 0 Å². The minimum atomic E-state index is -0.309. The van der Waals surface area contributed by atoms with Crippen molar-refractivity contribution in [3.05, 3.63) is 28.2 Å². The minimum absolute atomic E-state index is 0.0339. The summed E-state index contributed by atoms with van der Waals surface area (Å²) in [5.74, 6) is -0.757. The van der Waals surface area contributed by atoms with Crippen LogP contribution in [0.2, 0.25) is 0 Å². The second-order valence-corrected chi connectivity index (χ2v) is 6.33. The Hall–Kier alpha value is -1.93. The second-order valence-electron chi connectivity index (χ2n) is 5.41. The molecule has 8 heteroatoms. The van der Waals surface area contributed by atoms with Crippen molar-refractivity contribution in [2.24, 2.45) is 0 Å². The van der Waals surface area contributed by atoms with E-state index in [9.17, 15) is 14.4 Å². The third kappa shape index (κ3) is 7.56. The molecule has 0 fully saturated rings. The summed E-state index contributed by atoms with van der Waals surface area (Å²) < 4.78 is 0.943. The first-order valence-electron chi connectivity index (χ1n) is 7.59. The van der Waals surface area contributed by atoms with Gasteiger partial charge in [0, 0.05) is 16.7 Å². The van der Waals surface area contributed by atoms with Crippen LogP contribution in [-0.4, -0.2) is 55.8 Å². The third-order valence-electron chi connectivity index (χ3n) is 3.11. The number of halogens is 1. The van der Waals surface area contributed by atoms with Crippen LogP contribution in [0.15, 0.2) is 22.7 Å². The second kappa shape index (κ2) is 10.0. The Bertz CT molecular complexity index is 607. The first-order valence-corrected chi connectivity index (χ1v) is 8.39. The maximum absolute atomic E-state index is 12.0. The van der Waals surface area contributed by atoms with E-state index in [-0.39, 0.29) is 37.4 Å². The molecule has 0 saturated heterocycles. The van der Waals surface area contributed by atoms with Crippen LogP contribution in [0, 0.1) is 6.92 Å². The molecule has 0 aliphatic carbocycles. The molecule has 0 unspecified atom stereocenters. The van der Waals surface area contributed by atoms with Gasteiger partial charge in [-0.05, 0) is 44.7 Å². The number of rotatable bonds is 8. The SMILES string of the molecule is CCNC(=O)CNC(=O)CN(C)CC(=O)Nc1ccc(Br)cc1C. The monoisotopic (exact) mass is 398 g/mol. The molecular weight excluding hydrogens is 376 g/mol. The van der Waals surface area contributed by atoms with E-state index < -0.39 is 0 Å². The predicted octanol–water partition coefficient (Wildman–Crippen LogP) is 0.880. The number of aryl methyl sites for hydroxylation is 1. The van der Waals surface area contributed by atoms with Gasteiger partial charge in [-0.3, -0.25) is 19.3 Å². The molecule has 1 aromatic carbocycles. The molecule has 1 rings (SSSR count). The van der Waals surface area contributed by atoms with Crippen molar-refractivity contribution in [2.45, 2.75) is 13.8 Å². The fourth-order valence-corrected chi connectivity index (χ4v) is 2.47. The van der Waals surface area contributed by atoms with Crippen LogP contribution in [0.3, 0.4) is 0 Å². The number of nitrogens with one attached hydrogen (secondary N) is 3. The molecule has 0 aliphatic heterocycles. The highest BCUT2D eigenvalue weighted by atomic mass is 79.9. The largest absolute Gasteiger partial charge is 0.355 e. The Morgan fingerprint density at radius 2 is 1.75 bits per heavy atom. The quantitative estimate of drug-likeness (QED) is 0.606. The van der Waals surface area contributed by atoms with Gasteiger partial charge < -0.3 is 16.0 Å². The zero-order valence-electron chi connectivity index (χ0n) is 14.1. The van der Waals surface area contributed by atoms with E-state index in [1.54, 1.807) is 18.9 Å². The third-order valence-corrected chi connectivity index (χ3v) is 3.60.